The molecule has 1 aliphatic rings. The molecular weight excluding hydrogens is 503 g/mol. The maximum Gasteiger partial charge on any atom is 0.433 e. The number of nitrogens with two attached hydrogens (primary N) is 1. The van der Waals surface area contributed by atoms with Crippen molar-refractivity contribution in [1.82, 2.24) is 20.2 Å². The number of methoxy groups -OCH3 is 1. The molecule has 0 saturated carbocycles. The first-order valence-electron chi connectivity index (χ1n) is 12.3. The van der Waals surface area contributed by atoms with Gasteiger partial charge in [0.05, 0.1) is 13.2 Å². The Kier molecular flexibility index (Phi) is 7.37. The number of benzene rings is 1. The third-order valence-corrected chi connectivity index (χ3v) is 6.45. The van der Waals surface area contributed by atoms with Gasteiger partial charge in [-0.25, -0.2) is 9.97 Å². The van der Waals surface area contributed by atoms with E-state index in [1.165, 1.54) is 19.2 Å². The molecule has 1 saturated heterocycles. The van der Waals surface area contributed by atoms with Gasteiger partial charge >= 0.3 is 6.18 Å². The number of carbonyl (C=O) groups is 2. The first-order chi connectivity index (χ1) is 17.8. The number of carbonyl (C=O) groups excluding carboxylic acids is 2. The summed E-state index contributed by atoms with van der Waals surface area (Å²) in [5, 5.41) is 3.02. The van der Waals surface area contributed by atoms with E-state index in [9.17, 15) is 22.8 Å². The third kappa shape index (κ3) is 5.31. The van der Waals surface area contributed by atoms with Crippen molar-refractivity contribution in [1.29, 1.82) is 0 Å². The van der Waals surface area contributed by atoms with Gasteiger partial charge in [-0.15, -0.1) is 0 Å². The van der Waals surface area contributed by atoms with Crippen molar-refractivity contribution in [2.45, 2.75) is 57.8 Å². The van der Waals surface area contributed by atoms with Crippen LogP contribution in [-0.2, 0) is 11.0 Å². The summed E-state index contributed by atoms with van der Waals surface area (Å²) in [7, 11) is 1.32. The van der Waals surface area contributed by atoms with Crippen molar-refractivity contribution in [2.24, 2.45) is 5.73 Å². The first-order valence-corrected chi connectivity index (χ1v) is 12.3. The van der Waals surface area contributed by atoms with Crippen LogP contribution in [0.4, 0.5) is 13.2 Å². The molecule has 38 heavy (non-hydrogen) atoms. The number of nitrogens with one attached hydrogen (secondary N) is 1. The molecule has 3 heterocycles. The molecule has 1 fully saturated rings. The Morgan fingerprint density at radius 3 is 2.39 bits per heavy atom. The Labute approximate surface area is 217 Å². The SMILES string of the molecule is COc1ccc(-c2nc(C(=O)NC(C)(C)C(=O)N3CCCCC3)c([C@H](C)N)o2)c2ccc(C(F)(F)F)nc12. The zero-order valence-electron chi connectivity index (χ0n) is 21.6. The number of hydrogen-bond acceptors (Lipinski definition) is 7. The highest BCUT2D eigenvalue weighted by Gasteiger charge is 2.37. The molecule has 1 aliphatic heterocycles. The van der Waals surface area contributed by atoms with Crippen molar-refractivity contribution in [3.63, 3.8) is 0 Å². The summed E-state index contributed by atoms with van der Waals surface area (Å²) in [5.41, 5.74) is 3.91. The fourth-order valence-electron chi connectivity index (χ4n) is 4.51. The van der Waals surface area contributed by atoms with E-state index >= 15 is 0 Å². The highest BCUT2D eigenvalue weighted by Crippen LogP contribution is 2.37. The lowest BCUT2D eigenvalue weighted by Crippen LogP contribution is -2.57. The Balaban J connectivity index is 1.72. The van der Waals surface area contributed by atoms with Crippen molar-refractivity contribution in [2.75, 3.05) is 20.2 Å². The number of pyridine rings is 1. The van der Waals surface area contributed by atoms with Gasteiger partial charge in [0.15, 0.2) is 11.5 Å². The molecule has 4 rings (SSSR count). The van der Waals surface area contributed by atoms with E-state index in [-0.39, 0.29) is 39.9 Å². The zero-order chi connectivity index (χ0) is 27.8. The number of amides is 2. The van der Waals surface area contributed by atoms with Gasteiger partial charge in [-0.05, 0) is 64.3 Å². The normalized spacial score (nSPS) is 15.4. The average Bonchev–Trinajstić information content (AvgIpc) is 3.33. The summed E-state index contributed by atoms with van der Waals surface area (Å²) in [5.74, 6) is -0.689. The number of oxazole rings is 1. The number of fused-ring (bicyclic) bond motifs is 1. The lowest BCUT2D eigenvalue weighted by molar-refractivity contribution is -0.141. The van der Waals surface area contributed by atoms with Crippen LogP contribution < -0.4 is 15.8 Å². The molecule has 2 amide bonds. The van der Waals surface area contributed by atoms with E-state index in [1.54, 1.807) is 31.7 Å². The Hall–Kier alpha value is -3.67. The molecule has 1 aromatic carbocycles. The van der Waals surface area contributed by atoms with Crippen LogP contribution in [0.25, 0.3) is 22.4 Å². The van der Waals surface area contributed by atoms with Crippen LogP contribution >= 0.6 is 0 Å². The Morgan fingerprint density at radius 2 is 1.79 bits per heavy atom. The van der Waals surface area contributed by atoms with Crippen molar-refractivity contribution >= 4 is 22.7 Å². The second kappa shape index (κ2) is 10.2. The van der Waals surface area contributed by atoms with Gasteiger partial charge in [0.25, 0.3) is 5.91 Å². The second-order valence-corrected chi connectivity index (χ2v) is 9.86. The average molecular weight is 534 g/mol. The molecule has 0 aliphatic carbocycles. The monoisotopic (exact) mass is 533 g/mol. The van der Waals surface area contributed by atoms with E-state index in [0.29, 0.717) is 18.7 Å². The minimum Gasteiger partial charge on any atom is -0.494 e. The molecule has 2 aromatic heterocycles. The maximum absolute atomic E-state index is 13.3. The largest absolute Gasteiger partial charge is 0.494 e. The van der Waals surface area contributed by atoms with Gasteiger partial charge in [-0.1, -0.05) is 0 Å². The highest BCUT2D eigenvalue weighted by atomic mass is 19.4. The molecule has 0 bridgehead atoms. The molecule has 3 aromatic rings. The van der Waals surface area contributed by atoms with E-state index in [0.717, 1.165) is 25.3 Å². The molecule has 9 nitrogen and oxygen atoms in total. The smallest absolute Gasteiger partial charge is 0.433 e. The predicted molar refractivity (Wildman–Crippen MR) is 133 cm³/mol. The summed E-state index contributed by atoms with van der Waals surface area (Å²) < 4.78 is 51.0. The van der Waals surface area contributed by atoms with Gasteiger partial charge in [0, 0.05) is 24.0 Å². The molecule has 0 radical (unpaired) electrons. The number of aromatic nitrogens is 2. The minimum absolute atomic E-state index is 0.0307. The lowest BCUT2D eigenvalue weighted by atomic mass is 10.0. The quantitative estimate of drug-likeness (QED) is 0.480. The summed E-state index contributed by atoms with van der Waals surface area (Å²) >= 11 is 0. The number of halogens is 3. The topological polar surface area (TPSA) is 124 Å². The summed E-state index contributed by atoms with van der Waals surface area (Å²) in [6.45, 7) is 6.11. The zero-order valence-corrected chi connectivity index (χ0v) is 21.6. The van der Waals surface area contributed by atoms with E-state index in [1.807, 2.05) is 0 Å². The third-order valence-electron chi connectivity index (χ3n) is 6.45. The van der Waals surface area contributed by atoms with Gasteiger partial charge in [0.2, 0.25) is 11.8 Å². The molecule has 1 atom stereocenters. The van der Waals surface area contributed by atoms with E-state index in [4.69, 9.17) is 14.9 Å². The fourth-order valence-corrected chi connectivity index (χ4v) is 4.51. The van der Waals surface area contributed by atoms with Crippen LogP contribution in [0.3, 0.4) is 0 Å². The predicted octanol–water partition coefficient (Wildman–Crippen LogP) is 4.46. The fraction of sp³-hybridized carbons (Fsp3) is 0.462. The maximum atomic E-state index is 13.3. The summed E-state index contributed by atoms with van der Waals surface area (Å²) in [6.07, 6.45) is -1.77. The van der Waals surface area contributed by atoms with Crippen LogP contribution in [-0.4, -0.2) is 52.4 Å². The lowest BCUT2D eigenvalue weighted by Gasteiger charge is -2.34. The van der Waals surface area contributed by atoms with Gasteiger partial charge in [-0.3, -0.25) is 9.59 Å². The molecule has 0 spiro atoms. The number of likely N-dealkylation sites (tertiary alicyclic amines) is 1. The minimum atomic E-state index is -4.65. The number of hydrogen-bond donors (Lipinski definition) is 2. The van der Waals surface area contributed by atoms with E-state index in [2.05, 4.69) is 15.3 Å². The Morgan fingerprint density at radius 1 is 1.11 bits per heavy atom. The molecule has 204 valence electrons. The van der Waals surface area contributed by atoms with Crippen LogP contribution in [0.1, 0.15) is 68.0 Å². The second-order valence-electron chi connectivity index (χ2n) is 9.86. The van der Waals surface area contributed by atoms with Crippen LogP contribution in [0, 0.1) is 0 Å². The Bertz CT molecular complexity index is 1360. The van der Waals surface area contributed by atoms with Gasteiger partial charge < -0.3 is 25.1 Å². The summed E-state index contributed by atoms with van der Waals surface area (Å²) in [6, 6.07) is 4.36. The number of ether oxygens (including phenoxy) is 1. The highest BCUT2D eigenvalue weighted by molar-refractivity contribution is 6.00. The van der Waals surface area contributed by atoms with Crippen molar-refractivity contribution in [3.8, 4) is 17.2 Å². The van der Waals surface area contributed by atoms with E-state index < -0.39 is 29.4 Å². The number of nitrogens with zero attached hydrogens (tertiary/aromatic N) is 3. The van der Waals surface area contributed by atoms with Crippen LogP contribution in [0.2, 0.25) is 0 Å². The molecule has 12 heteroatoms. The summed E-state index contributed by atoms with van der Waals surface area (Å²) in [4.78, 5) is 36.2. The van der Waals surface area contributed by atoms with Crippen LogP contribution in [0.15, 0.2) is 28.7 Å². The van der Waals surface area contributed by atoms with Crippen molar-refractivity contribution < 1.29 is 31.9 Å². The van der Waals surface area contributed by atoms with Crippen LogP contribution in [0.5, 0.6) is 5.75 Å². The molecule has 3 N–H and O–H groups in total. The van der Waals surface area contributed by atoms with Gasteiger partial charge in [0.1, 0.15) is 22.5 Å². The molecule has 0 unspecified atom stereocenters. The number of piperidine rings is 1. The van der Waals surface area contributed by atoms with Crippen molar-refractivity contribution in [3.05, 3.63) is 41.4 Å². The van der Waals surface area contributed by atoms with Gasteiger partial charge in [-0.2, -0.15) is 13.2 Å². The first kappa shape index (κ1) is 27.4. The number of rotatable bonds is 6. The number of alkyl halides is 3. The molecular formula is C26H30F3N5O4. The standard InChI is InChI=1S/C26H30F3N5O4/c1-14(30)21-20(22(35)33-25(2,3)24(36)34-12-6-5-7-13-34)32-23(38-21)16-8-10-17(37-4)19-15(16)9-11-18(31-19)26(27,28)29/h8-11,14H,5-7,12-13,30H2,1-4H3,(H,33,35)/t14-/m0/s1.